The van der Waals surface area contributed by atoms with Crippen molar-refractivity contribution in [1.82, 2.24) is 20.6 Å². The molecule has 1 rings (SSSR count). The zero-order chi connectivity index (χ0) is 3.54. The molecule has 0 fully saturated rings. The van der Waals surface area contributed by atoms with Crippen molar-refractivity contribution in [2.75, 3.05) is 0 Å². The molecule has 0 radical (unpaired) electrons. The third-order valence-electron chi connectivity index (χ3n) is 0.270. The highest BCUT2D eigenvalue weighted by molar-refractivity contribution is 4.24. The summed E-state index contributed by atoms with van der Waals surface area (Å²) in [6.07, 6.45) is 1.33. The van der Waals surface area contributed by atoms with E-state index in [9.17, 15) is 0 Å². The van der Waals surface area contributed by atoms with Gasteiger partial charge in [0.05, 0.1) is 12.4 Å². The van der Waals surface area contributed by atoms with Gasteiger partial charge in [0.2, 0.25) is 0 Å². The van der Waals surface area contributed by atoms with Gasteiger partial charge in [-0.05, 0) is 0 Å². The van der Waals surface area contributed by atoms with Crippen molar-refractivity contribution < 1.29 is 12.4 Å². The van der Waals surface area contributed by atoms with Crippen LogP contribution in [0.2, 0.25) is 0 Å². The Labute approximate surface area is 40.4 Å². The minimum atomic E-state index is 0. The highest BCUT2D eigenvalue weighted by Crippen LogP contribution is 1.43. The van der Waals surface area contributed by atoms with Gasteiger partial charge in [0.15, 0.2) is 6.33 Å². The third kappa shape index (κ3) is 0.984. The van der Waals surface area contributed by atoms with Crippen LogP contribution in [0.15, 0.2) is 6.33 Å². The van der Waals surface area contributed by atoms with Crippen molar-refractivity contribution in [3.63, 3.8) is 0 Å². The second kappa shape index (κ2) is 2.59. The van der Waals surface area contributed by atoms with Crippen LogP contribution >= 0.6 is 0 Å². The first-order valence-electron chi connectivity index (χ1n) is 1.16. The molecule has 0 atom stereocenters. The van der Waals surface area contributed by atoms with Crippen LogP contribution in [0.5, 0.6) is 0 Å². The molecule has 0 aliphatic carbocycles. The molecule has 0 bridgehead atoms. The third-order valence-corrected chi connectivity index (χ3v) is 0.270. The number of nitrogens with one attached hydrogen (secondary N) is 1. The first-order valence-corrected chi connectivity index (χ1v) is 1.16. The van der Waals surface area contributed by atoms with Gasteiger partial charge in [0.25, 0.3) is 0 Å². The fraction of sp³-hybridized carbons (Fsp3) is 0. The van der Waals surface area contributed by atoms with Gasteiger partial charge in [0.1, 0.15) is 0 Å². The lowest BCUT2D eigenvalue weighted by atomic mass is 11.4. The van der Waals surface area contributed by atoms with E-state index in [4.69, 9.17) is 0 Å². The summed E-state index contributed by atoms with van der Waals surface area (Å²) in [5.74, 6) is 0. The molecule has 1 heterocycles. The summed E-state index contributed by atoms with van der Waals surface area (Å²) in [4.78, 5) is 0. The summed E-state index contributed by atoms with van der Waals surface area (Å²) in [5, 5.41) is 12.2. The number of aromatic amines is 1. The van der Waals surface area contributed by atoms with Gasteiger partial charge >= 0.3 is 0 Å². The summed E-state index contributed by atoms with van der Waals surface area (Å²) in [7, 11) is 0. The summed E-state index contributed by atoms with van der Waals surface area (Å²) < 4.78 is 0. The Balaban J connectivity index is 0.000000250. The highest BCUT2D eigenvalue weighted by atomic mass is 35.5. The smallest absolute Gasteiger partial charge is 0.161 e. The van der Waals surface area contributed by atoms with Crippen LogP contribution in [0, 0.1) is 12.4 Å². The predicted molar refractivity (Wildman–Crippen MR) is 17.0 cm³/mol. The Morgan fingerprint density at radius 3 is 2.50 bits per heavy atom. The normalized spacial score (nSPS) is 6.67. The lowest BCUT2D eigenvalue weighted by Crippen LogP contribution is -1.64. The maximum Gasteiger partial charge on any atom is 0.161 e. The molecular weight excluding hydrogens is 103 g/mol. The molecule has 1 aromatic rings. The topological polar surface area (TPSA) is 54.5 Å². The number of nitrogens with zero attached hydrogens (tertiary/aromatic N) is 3. The predicted octanol–water partition coefficient (Wildman–Crippen LogP) is -1.34. The number of H-pyrrole nitrogens is 1. The second-order valence-electron chi connectivity index (χ2n) is 0.560. The van der Waals surface area contributed by atoms with Gasteiger partial charge in [-0.2, -0.15) is 5.21 Å². The zero-order valence-electron chi connectivity index (χ0n) is 2.87. The SMILES string of the molecule is [ClH2+].c1nn[nH]n1. The van der Waals surface area contributed by atoms with E-state index in [-0.39, 0.29) is 12.4 Å². The van der Waals surface area contributed by atoms with E-state index in [0.717, 1.165) is 0 Å². The number of hydrogen-bond donors (Lipinski definition) is 1. The number of aromatic nitrogens is 4. The van der Waals surface area contributed by atoms with Crippen molar-refractivity contribution in [3.05, 3.63) is 6.33 Å². The zero-order valence-corrected chi connectivity index (χ0v) is 3.76. The summed E-state index contributed by atoms with van der Waals surface area (Å²) in [6.45, 7) is 0. The lowest BCUT2D eigenvalue weighted by molar-refractivity contribution is -0.00000126. The fourth-order valence-electron chi connectivity index (χ4n) is 0.129. The molecule has 0 saturated carbocycles. The molecule has 0 aliphatic rings. The Morgan fingerprint density at radius 2 is 2.33 bits per heavy atom. The maximum absolute atomic E-state index is 3.38. The molecule has 1 N–H and O–H groups in total. The Bertz CT molecular complexity index is 64.0. The van der Waals surface area contributed by atoms with Crippen molar-refractivity contribution in [3.8, 4) is 0 Å². The van der Waals surface area contributed by atoms with Crippen LogP contribution in [0.4, 0.5) is 0 Å². The van der Waals surface area contributed by atoms with Crippen LogP contribution in [0.1, 0.15) is 0 Å². The van der Waals surface area contributed by atoms with Gasteiger partial charge in [-0.25, -0.2) is 0 Å². The van der Waals surface area contributed by atoms with E-state index in [1.54, 1.807) is 0 Å². The van der Waals surface area contributed by atoms with E-state index in [2.05, 4.69) is 20.6 Å². The average Bonchev–Trinajstić information content (AvgIpc) is 1.76. The molecule has 6 heavy (non-hydrogen) atoms. The molecule has 0 spiro atoms. The van der Waals surface area contributed by atoms with Crippen molar-refractivity contribution in [2.24, 2.45) is 0 Å². The number of rotatable bonds is 0. The van der Waals surface area contributed by atoms with Gasteiger partial charge in [-0.15, -0.1) is 10.2 Å². The fourth-order valence-corrected chi connectivity index (χ4v) is 0.129. The van der Waals surface area contributed by atoms with Crippen molar-refractivity contribution in [1.29, 1.82) is 0 Å². The van der Waals surface area contributed by atoms with Gasteiger partial charge in [-0.1, -0.05) is 5.21 Å². The largest absolute Gasteiger partial charge is 0.177 e. The highest BCUT2D eigenvalue weighted by Gasteiger charge is 1.58. The number of halogens is 1. The van der Waals surface area contributed by atoms with E-state index >= 15 is 0 Å². The molecule has 0 aliphatic heterocycles. The minimum absolute atomic E-state index is 0. The summed E-state index contributed by atoms with van der Waals surface area (Å²) in [6, 6.07) is 0. The van der Waals surface area contributed by atoms with E-state index in [1.807, 2.05) is 0 Å². The van der Waals surface area contributed by atoms with E-state index in [1.165, 1.54) is 6.33 Å². The summed E-state index contributed by atoms with van der Waals surface area (Å²) >= 11 is 0. The quantitative estimate of drug-likeness (QED) is 0.447. The molecule has 0 unspecified atom stereocenters. The molecule has 34 valence electrons. The number of tetrazole rings is 1. The second-order valence-corrected chi connectivity index (χ2v) is 0.560. The molecule has 0 saturated heterocycles. The standard InChI is InChI=1S/CH2N4.ClH2/c1-2-4-5-3-1;/h1H,(H,2,3,4,5);1H2/q;+1. The monoisotopic (exact) mass is 107 g/mol. The van der Waals surface area contributed by atoms with Crippen molar-refractivity contribution >= 4 is 0 Å². The van der Waals surface area contributed by atoms with Crippen LogP contribution in [0.25, 0.3) is 0 Å². The van der Waals surface area contributed by atoms with Gasteiger partial charge in [0, 0.05) is 0 Å². The van der Waals surface area contributed by atoms with E-state index < -0.39 is 0 Å². The molecule has 0 aromatic carbocycles. The molecule has 4 nitrogen and oxygen atoms in total. The molecule has 5 heteroatoms. The molecule has 1 aromatic heterocycles. The lowest BCUT2D eigenvalue weighted by Gasteiger charge is -1.44. The van der Waals surface area contributed by atoms with Gasteiger partial charge in [-0.3, -0.25) is 0 Å². The van der Waals surface area contributed by atoms with Crippen LogP contribution in [-0.4, -0.2) is 20.6 Å². The van der Waals surface area contributed by atoms with Crippen LogP contribution in [0.3, 0.4) is 0 Å². The van der Waals surface area contributed by atoms with Crippen LogP contribution < -0.4 is 0 Å². The van der Waals surface area contributed by atoms with Crippen molar-refractivity contribution in [2.45, 2.75) is 0 Å². The van der Waals surface area contributed by atoms with E-state index in [0.29, 0.717) is 0 Å². The Kier molecular flexibility index (Phi) is 2.31. The van der Waals surface area contributed by atoms with Gasteiger partial charge < -0.3 is 0 Å². The summed E-state index contributed by atoms with van der Waals surface area (Å²) in [5.41, 5.74) is 0. The Morgan fingerprint density at radius 1 is 1.50 bits per heavy atom. The first-order chi connectivity index (χ1) is 2.50. The first kappa shape index (κ1) is 5.36. The molecule has 0 amide bonds. The maximum atomic E-state index is 3.38. The average molecular weight is 108 g/mol. The molecular formula is CH4ClN4+. The van der Waals surface area contributed by atoms with Crippen LogP contribution in [-0.2, 0) is 0 Å². The Hall–Kier alpha value is -0.640. The number of hydrogen-bond acceptors (Lipinski definition) is 3. The minimum Gasteiger partial charge on any atom is -0.177 e.